The Bertz CT molecular complexity index is 221. The molecule has 0 aromatic rings. The minimum Gasteiger partial charge on any atom is -0.375 e. The standard InChI is InChI=1S/C11H21NO2/c1-9-11(6-7-13-9)5-4-10(2,14-11)8-12-3/h9,12H,4-8H2,1-3H3. The largest absolute Gasteiger partial charge is 0.375 e. The Morgan fingerprint density at radius 2 is 2.14 bits per heavy atom. The Balaban J connectivity index is 2.06. The summed E-state index contributed by atoms with van der Waals surface area (Å²) in [6.45, 7) is 6.12. The van der Waals surface area contributed by atoms with Crippen molar-refractivity contribution >= 4 is 0 Å². The van der Waals surface area contributed by atoms with Gasteiger partial charge in [-0.1, -0.05) is 0 Å². The average molecular weight is 199 g/mol. The first-order valence-corrected chi connectivity index (χ1v) is 5.57. The minimum atomic E-state index is 0.0106. The molecule has 14 heavy (non-hydrogen) atoms. The molecule has 2 heterocycles. The quantitative estimate of drug-likeness (QED) is 0.727. The molecule has 2 aliphatic heterocycles. The highest BCUT2D eigenvalue weighted by atomic mass is 16.6. The fraction of sp³-hybridized carbons (Fsp3) is 1.00. The molecule has 2 saturated heterocycles. The van der Waals surface area contributed by atoms with E-state index in [0.29, 0.717) is 0 Å². The summed E-state index contributed by atoms with van der Waals surface area (Å²) in [4.78, 5) is 0. The van der Waals surface area contributed by atoms with Crippen LogP contribution < -0.4 is 5.32 Å². The first-order chi connectivity index (χ1) is 6.60. The molecule has 0 aromatic heterocycles. The zero-order valence-electron chi connectivity index (χ0n) is 9.43. The number of hydrogen-bond acceptors (Lipinski definition) is 3. The van der Waals surface area contributed by atoms with Crippen molar-refractivity contribution < 1.29 is 9.47 Å². The fourth-order valence-corrected chi connectivity index (χ4v) is 2.79. The lowest BCUT2D eigenvalue weighted by Crippen LogP contribution is -2.43. The van der Waals surface area contributed by atoms with Crippen LogP contribution in [-0.4, -0.2) is 37.5 Å². The van der Waals surface area contributed by atoms with Gasteiger partial charge in [0.1, 0.15) is 0 Å². The van der Waals surface area contributed by atoms with E-state index in [1.54, 1.807) is 0 Å². The maximum Gasteiger partial charge on any atom is 0.0971 e. The molecule has 0 saturated carbocycles. The first-order valence-electron chi connectivity index (χ1n) is 5.57. The lowest BCUT2D eigenvalue weighted by Gasteiger charge is -2.32. The normalized spacial score (nSPS) is 47.8. The van der Waals surface area contributed by atoms with Gasteiger partial charge in [-0.2, -0.15) is 0 Å². The van der Waals surface area contributed by atoms with Gasteiger partial charge in [-0.05, 0) is 33.7 Å². The van der Waals surface area contributed by atoms with Crippen molar-refractivity contribution in [2.45, 2.75) is 50.4 Å². The van der Waals surface area contributed by atoms with Crippen LogP contribution in [0.3, 0.4) is 0 Å². The number of hydrogen-bond donors (Lipinski definition) is 1. The van der Waals surface area contributed by atoms with Crippen LogP contribution in [-0.2, 0) is 9.47 Å². The molecule has 0 aromatic carbocycles. The Labute approximate surface area is 86.2 Å². The molecule has 2 aliphatic rings. The van der Waals surface area contributed by atoms with E-state index in [1.807, 2.05) is 7.05 Å². The molecule has 0 radical (unpaired) electrons. The summed E-state index contributed by atoms with van der Waals surface area (Å²) in [5, 5.41) is 3.21. The van der Waals surface area contributed by atoms with E-state index in [1.165, 1.54) is 0 Å². The van der Waals surface area contributed by atoms with Crippen LogP contribution in [0.5, 0.6) is 0 Å². The minimum absolute atomic E-state index is 0.0106. The van der Waals surface area contributed by atoms with Crippen LogP contribution in [0.4, 0.5) is 0 Å². The van der Waals surface area contributed by atoms with Crippen molar-refractivity contribution in [3.8, 4) is 0 Å². The van der Waals surface area contributed by atoms with E-state index in [9.17, 15) is 0 Å². The molecule has 2 fully saturated rings. The van der Waals surface area contributed by atoms with Crippen LogP contribution >= 0.6 is 0 Å². The summed E-state index contributed by atoms with van der Waals surface area (Å²) in [7, 11) is 1.98. The van der Waals surface area contributed by atoms with Gasteiger partial charge in [0.05, 0.1) is 17.3 Å². The third-order valence-electron chi connectivity index (χ3n) is 3.71. The van der Waals surface area contributed by atoms with E-state index in [-0.39, 0.29) is 17.3 Å². The monoisotopic (exact) mass is 199 g/mol. The molecule has 0 bridgehead atoms. The summed E-state index contributed by atoms with van der Waals surface area (Å²) >= 11 is 0. The van der Waals surface area contributed by atoms with E-state index >= 15 is 0 Å². The van der Waals surface area contributed by atoms with Gasteiger partial charge in [0.15, 0.2) is 0 Å². The second-order valence-corrected chi connectivity index (χ2v) is 4.91. The molecule has 3 unspecified atom stereocenters. The van der Waals surface area contributed by atoms with Crippen LogP contribution in [0.1, 0.15) is 33.1 Å². The summed E-state index contributed by atoms with van der Waals surface area (Å²) < 4.78 is 11.9. The van der Waals surface area contributed by atoms with Crippen LogP contribution in [0, 0.1) is 0 Å². The van der Waals surface area contributed by atoms with Crippen molar-refractivity contribution in [2.75, 3.05) is 20.2 Å². The number of rotatable bonds is 2. The smallest absolute Gasteiger partial charge is 0.0971 e. The lowest BCUT2D eigenvalue weighted by atomic mass is 9.92. The Morgan fingerprint density at radius 1 is 1.36 bits per heavy atom. The van der Waals surface area contributed by atoms with Crippen molar-refractivity contribution in [1.82, 2.24) is 5.32 Å². The molecule has 3 atom stereocenters. The van der Waals surface area contributed by atoms with Gasteiger partial charge in [0.25, 0.3) is 0 Å². The molecular formula is C11H21NO2. The second kappa shape index (κ2) is 3.47. The molecule has 3 heteroatoms. The van der Waals surface area contributed by atoms with E-state index in [2.05, 4.69) is 19.2 Å². The Kier molecular flexibility index (Phi) is 2.58. The van der Waals surface area contributed by atoms with Gasteiger partial charge in [0.2, 0.25) is 0 Å². The van der Waals surface area contributed by atoms with Gasteiger partial charge in [-0.15, -0.1) is 0 Å². The molecule has 0 amide bonds. The molecule has 2 rings (SSSR count). The molecule has 1 N–H and O–H groups in total. The second-order valence-electron chi connectivity index (χ2n) is 4.91. The average Bonchev–Trinajstić information content (AvgIpc) is 2.61. The highest BCUT2D eigenvalue weighted by molar-refractivity contribution is 5.01. The number of likely N-dealkylation sites (N-methyl/N-ethyl adjacent to an activating group) is 1. The first kappa shape index (κ1) is 10.4. The summed E-state index contributed by atoms with van der Waals surface area (Å²) in [5.41, 5.74) is 0.0301. The summed E-state index contributed by atoms with van der Waals surface area (Å²) in [6.07, 6.45) is 3.61. The fourth-order valence-electron chi connectivity index (χ4n) is 2.79. The van der Waals surface area contributed by atoms with E-state index < -0.39 is 0 Å². The predicted molar refractivity (Wildman–Crippen MR) is 55.4 cm³/mol. The van der Waals surface area contributed by atoms with E-state index in [0.717, 1.165) is 32.4 Å². The van der Waals surface area contributed by atoms with Crippen molar-refractivity contribution in [3.63, 3.8) is 0 Å². The zero-order chi connectivity index (χ0) is 10.2. The zero-order valence-corrected chi connectivity index (χ0v) is 9.43. The number of nitrogens with one attached hydrogen (secondary N) is 1. The molecular weight excluding hydrogens is 178 g/mol. The summed E-state index contributed by atoms with van der Waals surface area (Å²) in [5.74, 6) is 0. The Hall–Kier alpha value is -0.120. The Morgan fingerprint density at radius 3 is 2.71 bits per heavy atom. The molecule has 3 nitrogen and oxygen atoms in total. The van der Waals surface area contributed by atoms with Crippen LogP contribution in [0.25, 0.3) is 0 Å². The van der Waals surface area contributed by atoms with Crippen molar-refractivity contribution in [1.29, 1.82) is 0 Å². The third-order valence-corrected chi connectivity index (χ3v) is 3.71. The van der Waals surface area contributed by atoms with Crippen molar-refractivity contribution in [3.05, 3.63) is 0 Å². The number of ether oxygens (including phenoxy) is 2. The summed E-state index contributed by atoms with van der Waals surface area (Å²) in [6, 6.07) is 0. The van der Waals surface area contributed by atoms with Gasteiger partial charge in [-0.25, -0.2) is 0 Å². The van der Waals surface area contributed by atoms with E-state index in [4.69, 9.17) is 9.47 Å². The topological polar surface area (TPSA) is 30.5 Å². The SMILES string of the molecule is CNCC1(C)CCC2(CCOC2C)O1. The molecule has 1 spiro atoms. The van der Waals surface area contributed by atoms with Crippen LogP contribution in [0.15, 0.2) is 0 Å². The lowest BCUT2D eigenvalue weighted by molar-refractivity contribution is -0.118. The molecule has 0 aliphatic carbocycles. The van der Waals surface area contributed by atoms with Gasteiger partial charge < -0.3 is 14.8 Å². The van der Waals surface area contributed by atoms with Crippen molar-refractivity contribution in [2.24, 2.45) is 0 Å². The maximum atomic E-state index is 6.26. The van der Waals surface area contributed by atoms with Gasteiger partial charge >= 0.3 is 0 Å². The third kappa shape index (κ3) is 1.58. The van der Waals surface area contributed by atoms with Crippen LogP contribution in [0.2, 0.25) is 0 Å². The van der Waals surface area contributed by atoms with Gasteiger partial charge in [0, 0.05) is 19.6 Å². The highest BCUT2D eigenvalue weighted by Gasteiger charge is 2.52. The van der Waals surface area contributed by atoms with Gasteiger partial charge in [-0.3, -0.25) is 0 Å². The highest BCUT2D eigenvalue weighted by Crippen LogP contribution is 2.45. The maximum absolute atomic E-state index is 6.26. The molecule has 82 valence electrons. The predicted octanol–water partition coefficient (Wildman–Crippen LogP) is 1.32.